The van der Waals surface area contributed by atoms with Crippen LogP contribution < -0.4 is 15.6 Å². The predicted octanol–water partition coefficient (Wildman–Crippen LogP) is 9.27. The van der Waals surface area contributed by atoms with Crippen molar-refractivity contribution in [3.05, 3.63) is 86.7 Å². The number of amides is 2. The van der Waals surface area contributed by atoms with E-state index >= 15 is 0 Å². The Balaban J connectivity index is 0.695. The van der Waals surface area contributed by atoms with Crippen molar-refractivity contribution >= 4 is 34.7 Å². The van der Waals surface area contributed by atoms with E-state index in [1.807, 2.05) is 30.0 Å². The number of hydrogen-bond donors (Lipinski definition) is 2. The van der Waals surface area contributed by atoms with E-state index in [2.05, 4.69) is 17.1 Å². The zero-order valence-electron chi connectivity index (χ0n) is 42.2. The molecule has 5 aliphatic carbocycles. The van der Waals surface area contributed by atoms with Gasteiger partial charge in [0.15, 0.2) is 5.60 Å². The van der Waals surface area contributed by atoms with E-state index in [0.717, 1.165) is 59.8 Å². The second-order valence-electron chi connectivity index (χ2n) is 22.5. The number of rotatable bonds is 12. The average Bonchev–Trinajstić information content (AvgIpc) is 3.76. The van der Waals surface area contributed by atoms with Crippen LogP contribution in [0.3, 0.4) is 0 Å². The van der Waals surface area contributed by atoms with Crippen molar-refractivity contribution in [1.29, 1.82) is 0 Å². The van der Waals surface area contributed by atoms with Crippen LogP contribution in [0.1, 0.15) is 138 Å². The Bertz CT molecular complexity index is 2810. The van der Waals surface area contributed by atoms with Gasteiger partial charge in [-0.2, -0.15) is 0 Å². The first-order valence-electron chi connectivity index (χ1n) is 27.3. The molecule has 6 heterocycles. The van der Waals surface area contributed by atoms with E-state index in [9.17, 15) is 24.3 Å². The first-order valence-corrected chi connectivity index (χ1v) is 27.3. The van der Waals surface area contributed by atoms with E-state index in [-0.39, 0.29) is 43.8 Å². The third-order valence-electron chi connectivity index (χ3n) is 18.0. The number of piperidine rings is 2. The van der Waals surface area contributed by atoms with Gasteiger partial charge in [0.1, 0.15) is 18.5 Å². The molecule has 2 N–H and O–H groups in total. The molecule has 73 heavy (non-hydrogen) atoms. The Kier molecular flexibility index (Phi) is 13.1. The van der Waals surface area contributed by atoms with Gasteiger partial charge in [0.25, 0.3) is 5.56 Å². The SMILES string of the molecule is CCc1c2c(nc3ccc(OC(=O)N4CCC(N5CCCCC5)CC4)cc13)-c1cc3c(c(=O)n1C2)COC(=O)[C@@]3(CC)OCc1ccc(NC(=O)OC2CCC[C@@](O)(OOC3C4CC5CC(C4)CC3C5)C2)cc1. The van der Waals surface area contributed by atoms with Crippen LogP contribution in [0.5, 0.6) is 5.75 Å². The normalized spacial score (nSPS) is 29.6. The molecule has 7 fully saturated rings. The highest BCUT2D eigenvalue weighted by molar-refractivity contribution is 5.90. The van der Waals surface area contributed by atoms with Gasteiger partial charge in [0.2, 0.25) is 5.79 Å². The summed E-state index contributed by atoms with van der Waals surface area (Å²) in [5.41, 5.74) is 4.15. The second-order valence-corrected chi connectivity index (χ2v) is 22.5. The van der Waals surface area contributed by atoms with Crippen LogP contribution in [0.2, 0.25) is 0 Å². The fourth-order valence-corrected chi connectivity index (χ4v) is 14.4. The summed E-state index contributed by atoms with van der Waals surface area (Å²) in [7, 11) is 0. The lowest BCUT2D eigenvalue weighted by molar-refractivity contribution is -0.461. The molecule has 1 unspecified atom stereocenters. The number of aromatic nitrogens is 2. The van der Waals surface area contributed by atoms with Gasteiger partial charge in [-0.3, -0.25) is 10.1 Å². The summed E-state index contributed by atoms with van der Waals surface area (Å²) in [6.45, 7) is 7.70. The van der Waals surface area contributed by atoms with Gasteiger partial charge in [-0.15, -0.1) is 0 Å². The third kappa shape index (κ3) is 9.23. The highest BCUT2D eigenvalue weighted by Gasteiger charge is 2.51. The van der Waals surface area contributed by atoms with Crippen molar-refractivity contribution < 1.29 is 48.2 Å². The number of nitrogens with one attached hydrogen (secondary N) is 1. The lowest BCUT2D eigenvalue weighted by atomic mass is 9.55. The summed E-state index contributed by atoms with van der Waals surface area (Å²) in [6, 6.07) is 15.0. The highest BCUT2D eigenvalue weighted by atomic mass is 17.2. The summed E-state index contributed by atoms with van der Waals surface area (Å²) >= 11 is 0. The number of esters is 1. The minimum absolute atomic E-state index is 0.0149. The number of hydrogen-bond acceptors (Lipinski definition) is 13. The Hall–Kier alpha value is -5.39. The number of carbonyl (C=O) groups excluding carboxylic acids is 3. The van der Waals surface area contributed by atoms with E-state index < -0.39 is 29.6 Å². The molecule has 4 bridgehead atoms. The Morgan fingerprint density at radius 1 is 0.877 bits per heavy atom. The molecule has 16 heteroatoms. The van der Waals surface area contributed by atoms with Crippen molar-refractivity contribution in [3.8, 4) is 17.1 Å². The monoisotopic (exact) mass is 999 g/mol. The van der Waals surface area contributed by atoms with Gasteiger partial charge in [0.05, 0.1) is 41.7 Å². The zero-order chi connectivity index (χ0) is 50.0. The van der Waals surface area contributed by atoms with Crippen molar-refractivity contribution in [2.45, 2.75) is 166 Å². The Morgan fingerprint density at radius 2 is 1.63 bits per heavy atom. The molecule has 0 spiro atoms. The van der Waals surface area contributed by atoms with E-state index in [4.69, 9.17) is 33.7 Å². The van der Waals surface area contributed by atoms with Crippen LogP contribution in [-0.2, 0) is 60.6 Å². The number of aliphatic hydroxyl groups is 1. The lowest BCUT2D eigenvalue weighted by Crippen LogP contribution is -2.51. The molecule has 4 aliphatic heterocycles. The number of carbonyl (C=O) groups is 3. The van der Waals surface area contributed by atoms with Crippen LogP contribution >= 0.6 is 0 Å². The number of fused-ring (bicyclic) bond motifs is 5. The fraction of sp³-hybridized carbons (Fsp3) is 0.596. The molecule has 0 radical (unpaired) electrons. The smallest absolute Gasteiger partial charge is 0.415 e. The predicted molar refractivity (Wildman–Crippen MR) is 269 cm³/mol. The van der Waals surface area contributed by atoms with Crippen LogP contribution in [0, 0.1) is 23.7 Å². The van der Waals surface area contributed by atoms with Gasteiger partial charge in [-0.25, -0.2) is 29.1 Å². The van der Waals surface area contributed by atoms with E-state index in [0.29, 0.717) is 103 Å². The van der Waals surface area contributed by atoms with Gasteiger partial charge in [0, 0.05) is 54.2 Å². The van der Waals surface area contributed by atoms with Crippen LogP contribution in [0.4, 0.5) is 15.3 Å². The van der Waals surface area contributed by atoms with Gasteiger partial charge >= 0.3 is 18.2 Å². The van der Waals surface area contributed by atoms with E-state index in [1.54, 1.807) is 34.9 Å². The number of aryl methyl sites for hydroxylation is 1. The molecular weight excluding hydrogens is 931 g/mol. The number of likely N-dealkylation sites (tertiary alicyclic amines) is 2. The largest absolute Gasteiger partial charge is 0.458 e. The molecule has 5 saturated carbocycles. The van der Waals surface area contributed by atoms with E-state index in [1.165, 1.54) is 51.4 Å². The van der Waals surface area contributed by atoms with Crippen LogP contribution in [0.15, 0.2) is 53.3 Å². The Morgan fingerprint density at radius 3 is 2.36 bits per heavy atom. The number of nitrogens with zero attached hydrogens (tertiary/aromatic N) is 4. The lowest BCUT2D eigenvalue weighted by Gasteiger charge is -2.53. The minimum Gasteiger partial charge on any atom is -0.458 e. The number of benzene rings is 2. The molecular formula is C57H69N5O11. The maximum absolute atomic E-state index is 14.5. The van der Waals surface area contributed by atoms with Crippen molar-refractivity contribution in [2.24, 2.45) is 23.7 Å². The molecule has 2 saturated heterocycles. The molecule has 388 valence electrons. The summed E-state index contributed by atoms with van der Waals surface area (Å²) in [5.74, 6) is 0.972. The van der Waals surface area contributed by atoms with Gasteiger partial charge < -0.3 is 38.4 Å². The summed E-state index contributed by atoms with van der Waals surface area (Å²) in [4.78, 5) is 76.3. The molecule has 16 nitrogen and oxygen atoms in total. The third-order valence-corrected chi connectivity index (χ3v) is 18.0. The zero-order valence-corrected chi connectivity index (χ0v) is 42.2. The second kappa shape index (κ2) is 19.7. The summed E-state index contributed by atoms with van der Waals surface area (Å²) in [5, 5.41) is 15.0. The summed E-state index contributed by atoms with van der Waals surface area (Å²) < 4.78 is 25.8. The summed E-state index contributed by atoms with van der Waals surface area (Å²) in [6.07, 6.45) is 12.9. The van der Waals surface area contributed by atoms with Gasteiger partial charge in [-0.05, 0) is 168 Å². The molecule has 2 aromatic carbocycles. The molecule has 3 atom stereocenters. The average molecular weight is 1000 g/mol. The molecule has 4 aromatic rings. The van der Waals surface area contributed by atoms with Crippen molar-refractivity contribution in [2.75, 3.05) is 31.5 Å². The van der Waals surface area contributed by atoms with Crippen molar-refractivity contribution in [1.82, 2.24) is 19.4 Å². The Labute approximate surface area is 425 Å². The number of pyridine rings is 2. The quantitative estimate of drug-likeness (QED) is 0.0523. The first-order chi connectivity index (χ1) is 35.5. The first kappa shape index (κ1) is 48.5. The van der Waals surface area contributed by atoms with Crippen molar-refractivity contribution in [3.63, 3.8) is 0 Å². The molecule has 13 rings (SSSR count). The fourth-order valence-electron chi connectivity index (χ4n) is 14.4. The number of cyclic esters (lactones) is 1. The van der Waals surface area contributed by atoms with Crippen LogP contribution in [0.25, 0.3) is 22.3 Å². The maximum Gasteiger partial charge on any atom is 0.415 e. The number of anilines is 1. The minimum atomic E-state index is -1.57. The maximum atomic E-state index is 14.5. The topological polar surface area (TPSA) is 180 Å². The molecule has 9 aliphatic rings. The number of ether oxygens (including phenoxy) is 4. The standard InChI is InChI=1S/C57H69N5O11/c1-3-43-44-28-41(71-55(66)61-21-16-40(17-22-61)60-19-6-5-7-20-60)14-15-48(44)59-50-45(43)31-62-49(50)29-47-46(52(62)63)33-68-53(64)57(47,4-2)69-32-34-10-12-39(13-11-34)58-54(65)70-42-9-8-18-56(67,30-42)73-72-51-37-24-35-23-36(26-37)27-38(51)25-35/h10-15,28-29,35-38,40,42,51,67H,3-9,16-27,30-33H2,1-2H3,(H,58,65)/t35?,36?,37?,38?,42?,51?,56-,57+/m1/s1. The molecule has 2 aromatic heterocycles. The highest BCUT2D eigenvalue weighted by Crippen LogP contribution is 2.55. The molecule has 2 amide bonds. The van der Waals surface area contributed by atoms with Gasteiger partial charge in [-0.1, -0.05) is 32.4 Å². The van der Waals surface area contributed by atoms with Crippen LogP contribution in [-0.4, -0.2) is 92.8 Å².